The molecule has 5 nitrogen and oxygen atoms in total. The molecule has 0 atom stereocenters. The molecule has 0 bridgehead atoms. The number of H-pyrrole nitrogens is 1. The Labute approximate surface area is 121 Å². The van der Waals surface area contributed by atoms with Crippen LogP contribution in [-0.2, 0) is 0 Å². The highest BCUT2D eigenvalue weighted by Gasteiger charge is 2.26. The minimum atomic E-state index is -0.163. The number of carbonyl (C=O) groups excluding carboxylic acids is 1. The second-order valence-corrected chi connectivity index (χ2v) is 5.32. The monoisotopic (exact) mass is 278 g/mol. The third-order valence-corrected chi connectivity index (χ3v) is 3.65. The van der Waals surface area contributed by atoms with Gasteiger partial charge in [0.15, 0.2) is 0 Å². The summed E-state index contributed by atoms with van der Waals surface area (Å²) in [4.78, 5) is 24.0. The molecule has 0 unspecified atom stereocenters. The average molecular weight is 278 g/mol. The maximum Gasteiger partial charge on any atom is 0.257 e. The van der Waals surface area contributed by atoms with Gasteiger partial charge in [0.25, 0.3) is 5.91 Å². The maximum atomic E-state index is 12.1. The average Bonchev–Trinajstić information content (AvgIpc) is 3.28. The number of nitrogens with one attached hydrogen (secondary N) is 2. The Morgan fingerprint density at radius 2 is 2.19 bits per heavy atom. The van der Waals surface area contributed by atoms with Gasteiger partial charge < -0.3 is 10.3 Å². The lowest BCUT2D eigenvalue weighted by molar-refractivity contribution is 0.102. The molecule has 2 aromatic heterocycles. The van der Waals surface area contributed by atoms with Crippen LogP contribution in [0.1, 0.15) is 34.9 Å². The number of fused-ring (bicyclic) bond motifs is 1. The molecule has 1 saturated carbocycles. The number of aromatic amines is 1. The summed E-state index contributed by atoms with van der Waals surface area (Å²) >= 11 is 0. The van der Waals surface area contributed by atoms with Gasteiger partial charge in [-0.25, -0.2) is 4.98 Å². The van der Waals surface area contributed by atoms with Crippen molar-refractivity contribution in [1.29, 1.82) is 0 Å². The van der Waals surface area contributed by atoms with Crippen LogP contribution in [0.4, 0.5) is 5.69 Å². The third-order valence-electron chi connectivity index (χ3n) is 3.65. The topological polar surface area (TPSA) is 70.7 Å². The predicted molar refractivity (Wildman–Crippen MR) is 80.3 cm³/mol. The molecule has 21 heavy (non-hydrogen) atoms. The van der Waals surface area contributed by atoms with Crippen molar-refractivity contribution < 1.29 is 4.79 Å². The first-order valence-corrected chi connectivity index (χ1v) is 7.00. The number of rotatable bonds is 3. The van der Waals surface area contributed by atoms with E-state index in [-0.39, 0.29) is 5.91 Å². The van der Waals surface area contributed by atoms with Gasteiger partial charge in [-0.2, -0.15) is 0 Å². The highest BCUT2D eigenvalue weighted by molar-refractivity contribution is 6.04. The SMILES string of the molecule is O=C(Nc1ccc2nc(C3CC3)[nH]c2c1)c1cccnc1. The second-order valence-electron chi connectivity index (χ2n) is 5.32. The lowest BCUT2D eigenvalue weighted by Gasteiger charge is -2.04. The van der Waals surface area contributed by atoms with Crippen LogP contribution in [0.2, 0.25) is 0 Å². The van der Waals surface area contributed by atoms with Crippen molar-refractivity contribution >= 4 is 22.6 Å². The van der Waals surface area contributed by atoms with Gasteiger partial charge >= 0.3 is 0 Å². The second kappa shape index (κ2) is 4.70. The zero-order valence-electron chi connectivity index (χ0n) is 11.3. The molecule has 1 amide bonds. The Balaban J connectivity index is 1.60. The quantitative estimate of drug-likeness (QED) is 0.773. The maximum absolute atomic E-state index is 12.1. The molecular formula is C16H14N4O. The highest BCUT2D eigenvalue weighted by Crippen LogP contribution is 2.39. The van der Waals surface area contributed by atoms with E-state index in [1.165, 1.54) is 12.8 Å². The molecule has 0 spiro atoms. The van der Waals surface area contributed by atoms with Crippen LogP contribution in [0, 0.1) is 0 Å². The van der Waals surface area contributed by atoms with Crippen molar-refractivity contribution in [3.63, 3.8) is 0 Å². The lowest BCUT2D eigenvalue weighted by atomic mass is 10.2. The van der Waals surface area contributed by atoms with Gasteiger partial charge in [0, 0.05) is 24.0 Å². The molecule has 0 aliphatic heterocycles. The first-order valence-electron chi connectivity index (χ1n) is 7.00. The van der Waals surface area contributed by atoms with Crippen molar-refractivity contribution in [3.05, 3.63) is 54.1 Å². The van der Waals surface area contributed by atoms with Crippen molar-refractivity contribution in [1.82, 2.24) is 15.0 Å². The van der Waals surface area contributed by atoms with Gasteiger partial charge in [-0.3, -0.25) is 9.78 Å². The van der Waals surface area contributed by atoms with E-state index in [2.05, 4.69) is 20.3 Å². The number of hydrogen-bond donors (Lipinski definition) is 2. The Kier molecular flexibility index (Phi) is 2.70. The van der Waals surface area contributed by atoms with Crippen molar-refractivity contribution in [2.24, 2.45) is 0 Å². The van der Waals surface area contributed by atoms with E-state index in [0.29, 0.717) is 11.5 Å². The highest BCUT2D eigenvalue weighted by atomic mass is 16.1. The van der Waals surface area contributed by atoms with Crippen LogP contribution in [0.3, 0.4) is 0 Å². The van der Waals surface area contributed by atoms with Crippen LogP contribution in [0.5, 0.6) is 0 Å². The number of nitrogens with zero attached hydrogens (tertiary/aromatic N) is 2. The van der Waals surface area contributed by atoms with Gasteiger partial charge in [0.05, 0.1) is 16.6 Å². The number of imidazole rings is 1. The molecular weight excluding hydrogens is 264 g/mol. The largest absolute Gasteiger partial charge is 0.342 e. The number of aromatic nitrogens is 3. The molecule has 4 rings (SSSR count). The van der Waals surface area contributed by atoms with E-state index in [1.54, 1.807) is 24.5 Å². The number of hydrogen-bond acceptors (Lipinski definition) is 3. The summed E-state index contributed by atoms with van der Waals surface area (Å²) in [7, 11) is 0. The summed E-state index contributed by atoms with van der Waals surface area (Å²) in [6.45, 7) is 0. The number of anilines is 1. The zero-order valence-corrected chi connectivity index (χ0v) is 11.3. The van der Waals surface area contributed by atoms with Crippen LogP contribution in [0.25, 0.3) is 11.0 Å². The van der Waals surface area contributed by atoms with E-state index in [9.17, 15) is 4.79 Å². The summed E-state index contributed by atoms with van der Waals surface area (Å²) in [6, 6.07) is 9.20. The Morgan fingerprint density at radius 1 is 1.29 bits per heavy atom. The van der Waals surface area contributed by atoms with E-state index in [1.807, 2.05) is 18.2 Å². The first-order chi connectivity index (χ1) is 10.3. The normalized spacial score (nSPS) is 14.3. The molecule has 1 aromatic carbocycles. The standard InChI is InChI=1S/C16H14N4O/c21-16(11-2-1-7-17-9-11)18-12-5-6-13-14(8-12)20-15(19-13)10-3-4-10/h1-2,5-10H,3-4H2,(H,18,21)(H,19,20). The summed E-state index contributed by atoms with van der Waals surface area (Å²) in [6.07, 6.45) is 5.62. The number of benzene rings is 1. The molecule has 5 heteroatoms. The van der Waals surface area contributed by atoms with Gasteiger partial charge in [-0.1, -0.05) is 0 Å². The van der Waals surface area contributed by atoms with Gasteiger partial charge in [-0.05, 0) is 43.2 Å². The minimum absolute atomic E-state index is 0.163. The summed E-state index contributed by atoms with van der Waals surface area (Å²) < 4.78 is 0. The molecule has 2 heterocycles. The molecule has 1 aliphatic rings. The number of pyridine rings is 1. The smallest absolute Gasteiger partial charge is 0.257 e. The van der Waals surface area contributed by atoms with Crippen molar-refractivity contribution in [3.8, 4) is 0 Å². The van der Waals surface area contributed by atoms with Crippen LogP contribution in [0.15, 0.2) is 42.7 Å². The van der Waals surface area contributed by atoms with E-state index >= 15 is 0 Å². The predicted octanol–water partition coefficient (Wildman–Crippen LogP) is 3.09. The summed E-state index contributed by atoms with van der Waals surface area (Å²) in [5, 5.41) is 2.88. The third kappa shape index (κ3) is 2.38. The first kappa shape index (κ1) is 12.1. The van der Waals surface area contributed by atoms with Crippen molar-refractivity contribution in [2.45, 2.75) is 18.8 Å². The van der Waals surface area contributed by atoms with E-state index in [0.717, 1.165) is 22.5 Å². The van der Waals surface area contributed by atoms with E-state index in [4.69, 9.17) is 0 Å². The van der Waals surface area contributed by atoms with Crippen LogP contribution >= 0.6 is 0 Å². The Morgan fingerprint density at radius 3 is 2.95 bits per heavy atom. The molecule has 0 saturated heterocycles. The Bertz CT molecular complexity index is 806. The summed E-state index contributed by atoms with van der Waals surface area (Å²) in [5.41, 5.74) is 3.19. The fraction of sp³-hybridized carbons (Fsp3) is 0.188. The van der Waals surface area contributed by atoms with Gasteiger partial charge in [0.2, 0.25) is 0 Å². The number of carbonyl (C=O) groups is 1. The number of amides is 1. The van der Waals surface area contributed by atoms with Crippen LogP contribution < -0.4 is 5.32 Å². The lowest BCUT2D eigenvalue weighted by Crippen LogP contribution is -2.11. The minimum Gasteiger partial charge on any atom is -0.342 e. The summed E-state index contributed by atoms with van der Waals surface area (Å²) in [5.74, 6) is 1.48. The molecule has 1 aliphatic carbocycles. The molecule has 104 valence electrons. The molecule has 0 radical (unpaired) electrons. The Hall–Kier alpha value is -2.69. The van der Waals surface area contributed by atoms with Gasteiger partial charge in [0.1, 0.15) is 5.82 Å². The van der Waals surface area contributed by atoms with E-state index < -0.39 is 0 Å². The zero-order chi connectivity index (χ0) is 14.2. The molecule has 2 N–H and O–H groups in total. The fourth-order valence-electron chi connectivity index (χ4n) is 2.36. The van der Waals surface area contributed by atoms with Crippen LogP contribution in [-0.4, -0.2) is 20.9 Å². The molecule has 1 fully saturated rings. The van der Waals surface area contributed by atoms with Gasteiger partial charge in [-0.15, -0.1) is 0 Å². The fourth-order valence-corrected chi connectivity index (χ4v) is 2.36. The molecule has 3 aromatic rings. The van der Waals surface area contributed by atoms with Crippen molar-refractivity contribution in [2.75, 3.05) is 5.32 Å².